The van der Waals surface area contributed by atoms with E-state index in [9.17, 15) is 0 Å². The zero-order valence-corrected chi connectivity index (χ0v) is 12.5. The Morgan fingerprint density at radius 1 is 1.00 bits per heavy atom. The summed E-state index contributed by atoms with van der Waals surface area (Å²) in [5.74, 6) is 1.93. The topological polar surface area (TPSA) is 9.23 Å². The Morgan fingerprint density at radius 3 is 2.06 bits per heavy atom. The molecule has 0 saturated heterocycles. The van der Waals surface area contributed by atoms with E-state index in [1.807, 2.05) is 7.11 Å². The molecule has 0 aliphatic rings. The molecule has 1 aromatic rings. The van der Waals surface area contributed by atoms with Crippen LogP contribution in [0.3, 0.4) is 0 Å². The molecular formula is C17H28O. The molecule has 0 heterocycles. The highest BCUT2D eigenvalue weighted by molar-refractivity contribution is 5.15. The summed E-state index contributed by atoms with van der Waals surface area (Å²) in [6, 6.07) is 10.8. The molecule has 0 aliphatic heterocycles. The fourth-order valence-electron chi connectivity index (χ4n) is 2.59. The van der Waals surface area contributed by atoms with Crippen LogP contribution in [0.25, 0.3) is 0 Å². The third-order valence-electron chi connectivity index (χ3n) is 3.65. The van der Waals surface area contributed by atoms with Gasteiger partial charge >= 0.3 is 0 Å². The van der Waals surface area contributed by atoms with Crippen LogP contribution in [0.15, 0.2) is 30.3 Å². The minimum Gasteiger partial charge on any atom is -0.381 e. The van der Waals surface area contributed by atoms with Gasteiger partial charge < -0.3 is 4.74 Å². The van der Waals surface area contributed by atoms with E-state index in [0.29, 0.717) is 23.9 Å². The number of ether oxygens (including phenoxy) is 1. The van der Waals surface area contributed by atoms with Gasteiger partial charge in [-0.25, -0.2) is 0 Å². The molecule has 102 valence electrons. The van der Waals surface area contributed by atoms with Crippen molar-refractivity contribution >= 4 is 0 Å². The molecule has 0 fully saturated rings. The molecule has 1 heteroatoms. The molecule has 2 atom stereocenters. The highest BCUT2D eigenvalue weighted by Gasteiger charge is 2.25. The van der Waals surface area contributed by atoms with Crippen LogP contribution >= 0.6 is 0 Å². The first-order valence-electron chi connectivity index (χ1n) is 7.11. The van der Waals surface area contributed by atoms with Crippen LogP contribution in [0.5, 0.6) is 0 Å². The predicted octanol–water partition coefficient (Wildman–Crippen LogP) is 4.56. The normalized spacial score (nSPS) is 15.1. The summed E-state index contributed by atoms with van der Waals surface area (Å²) in [4.78, 5) is 0. The molecule has 0 N–H and O–H groups in total. The van der Waals surface area contributed by atoms with Gasteiger partial charge in [0.15, 0.2) is 0 Å². The Hall–Kier alpha value is -0.820. The lowest BCUT2D eigenvalue weighted by Gasteiger charge is -2.30. The molecule has 0 amide bonds. The maximum absolute atomic E-state index is 5.76. The van der Waals surface area contributed by atoms with Crippen molar-refractivity contribution in [2.24, 2.45) is 17.8 Å². The zero-order chi connectivity index (χ0) is 13.5. The number of rotatable bonds is 7. The molecule has 0 saturated carbocycles. The van der Waals surface area contributed by atoms with Gasteiger partial charge in [-0.2, -0.15) is 0 Å². The third kappa shape index (κ3) is 4.81. The average molecular weight is 248 g/mol. The first kappa shape index (κ1) is 15.2. The second-order valence-corrected chi connectivity index (χ2v) is 6.00. The minimum atomic E-state index is 0.366. The first-order valence-corrected chi connectivity index (χ1v) is 7.11. The molecule has 0 unspecified atom stereocenters. The van der Waals surface area contributed by atoms with Gasteiger partial charge in [0.05, 0.1) is 6.10 Å². The molecule has 0 aliphatic carbocycles. The van der Waals surface area contributed by atoms with Crippen LogP contribution in [0.1, 0.15) is 39.7 Å². The van der Waals surface area contributed by atoms with E-state index < -0.39 is 0 Å². The second kappa shape index (κ2) is 7.58. The van der Waals surface area contributed by atoms with E-state index in [0.717, 1.165) is 12.8 Å². The first-order chi connectivity index (χ1) is 8.54. The second-order valence-electron chi connectivity index (χ2n) is 6.00. The van der Waals surface area contributed by atoms with Crippen LogP contribution in [0.4, 0.5) is 0 Å². The summed E-state index contributed by atoms with van der Waals surface area (Å²) in [5.41, 5.74) is 1.42. The van der Waals surface area contributed by atoms with Gasteiger partial charge in [-0.3, -0.25) is 0 Å². The van der Waals surface area contributed by atoms with E-state index in [-0.39, 0.29) is 0 Å². The van der Waals surface area contributed by atoms with Crippen LogP contribution in [0.2, 0.25) is 0 Å². The maximum Gasteiger partial charge on any atom is 0.0607 e. The van der Waals surface area contributed by atoms with Gasteiger partial charge in [0.2, 0.25) is 0 Å². The van der Waals surface area contributed by atoms with Crippen molar-refractivity contribution in [2.75, 3.05) is 7.11 Å². The highest BCUT2D eigenvalue weighted by Crippen LogP contribution is 2.26. The molecule has 0 spiro atoms. The Balaban J connectivity index is 2.75. The predicted molar refractivity (Wildman–Crippen MR) is 78.7 cm³/mol. The monoisotopic (exact) mass is 248 g/mol. The summed E-state index contributed by atoms with van der Waals surface area (Å²) >= 11 is 0. The number of methoxy groups -OCH3 is 1. The van der Waals surface area contributed by atoms with E-state index in [4.69, 9.17) is 4.74 Å². The van der Waals surface area contributed by atoms with Crippen LogP contribution in [-0.4, -0.2) is 13.2 Å². The Labute approximate surface area is 113 Å². The van der Waals surface area contributed by atoms with Gasteiger partial charge in [0.1, 0.15) is 0 Å². The van der Waals surface area contributed by atoms with Crippen LogP contribution < -0.4 is 0 Å². The van der Waals surface area contributed by atoms with Crippen molar-refractivity contribution in [1.82, 2.24) is 0 Å². The van der Waals surface area contributed by atoms with E-state index in [1.54, 1.807) is 0 Å². The summed E-state index contributed by atoms with van der Waals surface area (Å²) in [7, 11) is 1.85. The summed E-state index contributed by atoms with van der Waals surface area (Å²) in [5, 5.41) is 0. The lowest BCUT2D eigenvalue weighted by molar-refractivity contribution is 0.0185. The molecule has 1 rings (SSSR count). The van der Waals surface area contributed by atoms with Crippen molar-refractivity contribution in [1.29, 1.82) is 0 Å². The largest absolute Gasteiger partial charge is 0.381 e. The van der Waals surface area contributed by atoms with Crippen molar-refractivity contribution in [3.63, 3.8) is 0 Å². The Kier molecular flexibility index (Phi) is 6.42. The lowest BCUT2D eigenvalue weighted by atomic mass is 9.81. The number of hydrogen-bond acceptors (Lipinski definition) is 1. The quantitative estimate of drug-likeness (QED) is 0.687. The average Bonchev–Trinajstić information content (AvgIpc) is 2.34. The van der Waals surface area contributed by atoms with Gasteiger partial charge in [0, 0.05) is 7.11 Å². The molecule has 18 heavy (non-hydrogen) atoms. The van der Waals surface area contributed by atoms with Crippen LogP contribution in [0, 0.1) is 17.8 Å². The van der Waals surface area contributed by atoms with E-state index in [2.05, 4.69) is 58.0 Å². The Bertz CT molecular complexity index is 316. The van der Waals surface area contributed by atoms with Crippen molar-refractivity contribution in [3.8, 4) is 0 Å². The molecule has 0 bridgehead atoms. The van der Waals surface area contributed by atoms with Crippen molar-refractivity contribution < 1.29 is 4.74 Å². The highest BCUT2D eigenvalue weighted by atomic mass is 16.5. The molecule has 1 aromatic carbocycles. The third-order valence-corrected chi connectivity index (χ3v) is 3.65. The van der Waals surface area contributed by atoms with Gasteiger partial charge in [-0.05, 0) is 36.2 Å². The number of hydrogen-bond donors (Lipinski definition) is 0. The van der Waals surface area contributed by atoms with Gasteiger partial charge in [-0.15, -0.1) is 0 Å². The summed E-state index contributed by atoms with van der Waals surface area (Å²) in [6.45, 7) is 9.15. The fourth-order valence-corrected chi connectivity index (χ4v) is 2.59. The van der Waals surface area contributed by atoms with Crippen LogP contribution in [-0.2, 0) is 11.2 Å². The van der Waals surface area contributed by atoms with E-state index >= 15 is 0 Å². The maximum atomic E-state index is 5.76. The molecular weight excluding hydrogens is 220 g/mol. The van der Waals surface area contributed by atoms with E-state index in [1.165, 1.54) is 5.56 Å². The SMILES string of the molecule is CO[C@H](CC(C)C)[C@H](Cc1ccccc1)C(C)C. The summed E-state index contributed by atoms with van der Waals surface area (Å²) < 4.78 is 5.76. The molecule has 0 aromatic heterocycles. The molecule has 1 nitrogen and oxygen atoms in total. The van der Waals surface area contributed by atoms with Gasteiger partial charge in [-0.1, -0.05) is 58.0 Å². The Morgan fingerprint density at radius 2 is 1.61 bits per heavy atom. The van der Waals surface area contributed by atoms with Crippen molar-refractivity contribution in [3.05, 3.63) is 35.9 Å². The van der Waals surface area contributed by atoms with Crippen molar-refractivity contribution in [2.45, 2.75) is 46.6 Å². The lowest BCUT2D eigenvalue weighted by Crippen LogP contribution is -2.30. The molecule has 0 radical (unpaired) electrons. The number of benzene rings is 1. The zero-order valence-electron chi connectivity index (χ0n) is 12.5. The minimum absolute atomic E-state index is 0.366. The summed E-state index contributed by atoms with van der Waals surface area (Å²) in [6.07, 6.45) is 2.63. The smallest absolute Gasteiger partial charge is 0.0607 e. The fraction of sp³-hybridized carbons (Fsp3) is 0.647. The van der Waals surface area contributed by atoms with Gasteiger partial charge in [0.25, 0.3) is 0 Å². The standard InChI is InChI=1S/C17H28O/c1-13(2)11-17(18-5)16(14(3)4)12-15-9-7-6-8-10-15/h6-10,13-14,16-17H,11-12H2,1-5H3/t16-,17-/m1/s1.